The van der Waals surface area contributed by atoms with E-state index >= 15 is 0 Å². The van der Waals surface area contributed by atoms with Crippen LogP contribution in [0.3, 0.4) is 0 Å². The summed E-state index contributed by atoms with van der Waals surface area (Å²) < 4.78 is 60.5. The van der Waals surface area contributed by atoms with E-state index < -0.39 is 86.3 Å². The van der Waals surface area contributed by atoms with Crippen molar-refractivity contribution in [1.29, 1.82) is 5.26 Å². The number of nitrogens with zero attached hydrogens (tertiary/aromatic N) is 3. The van der Waals surface area contributed by atoms with Gasteiger partial charge in [0.1, 0.15) is 29.4 Å². The van der Waals surface area contributed by atoms with E-state index in [1.807, 2.05) is 4.72 Å². The molecule has 4 aliphatic carbocycles. The van der Waals surface area contributed by atoms with Crippen molar-refractivity contribution in [2.45, 2.75) is 140 Å². The minimum Gasteiger partial charge on any atom is -0.446 e. The van der Waals surface area contributed by atoms with Gasteiger partial charge in [-0.1, -0.05) is 40.5 Å². The third kappa shape index (κ3) is 8.60. The van der Waals surface area contributed by atoms with Gasteiger partial charge < -0.3 is 25.3 Å². The Morgan fingerprint density at radius 2 is 1.87 bits per heavy atom. The zero-order valence-corrected chi connectivity index (χ0v) is 35.5. The first-order valence-electron chi connectivity index (χ1n) is 21.1. The molecule has 0 spiro atoms. The smallest absolute Gasteiger partial charge is 0.408 e. The molecular weight excluding hydrogens is 801 g/mol. The van der Waals surface area contributed by atoms with Crippen molar-refractivity contribution in [3.05, 3.63) is 39.8 Å². The van der Waals surface area contributed by atoms with Crippen LogP contribution in [-0.4, -0.2) is 88.5 Å². The van der Waals surface area contributed by atoms with Gasteiger partial charge in [0.05, 0.1) is 33.3 Å². The number of fused-ring (bicyclic) bond motifs is 2. The molecule has 1 saturated heterocycles. The van der Waals surface area contributed by atoms with Crippen LogP contribution >= 0.6 is 0 Å². The van der Waals surface area contributed by atoms with E-state index in [2.05, 4.69) is 26.7 Å². The number of hydrogen-bond donors (Lipinski definition) is 4. The van der Waals surface area contributed by atoms with Crippen LogP contribution in [-0.2, 0) is 35.6 Å². The number of nitriles is 1. The van der Waals surface area contributed by atoms with E-state index in [9.17, 15) is 41.2 Å². The third-order valence-corrected chi connectivity index (χ3v) is 15.8. The highest BCUT2D eigenvalue weighted by molar-refractivity contribution is 7.91. The standard InChI is InChI=1S/C42H55F2N7O8S/c1-22-13-16-51(32(22)36(53)49-42(20-27(42)34(43)44)38(55)50-60(57,58)41(5)14-15-41)37(54)33(40(2,3)4)48-39(56)59-31-19-24-18-26(24)25(31)9-7-6-8-10-29-35(52)47-30-17-23(21-45)11-12-28(30)46-29/h11-12,17,22,24-27,31-34H,6-10,13-16,18-20H2,1-5H3,(H,47,52)(H,48,56)(H,49,53)(H,50,55)/t22-,24+,25-,26+,27+,31?,32+,33?,42?/m1/s1. The minimum atomic E-state index is -4.18. The van der Waals surface area contributed by atoms with Gasteiger partial charge in [0.25, 0.3) is 11.5 Å². The molecule has 2 aromatic rings. The molecule has 4 amide bonds. The van der Waals surface area contributed by atoms with Gasteiger partial charge >= 0.3 is 6.09 Å². The summed E-state index contributed by atoms with van der Waals surface area (Å²) in [6, 6.07) is 4.74. The molecule has 18 heteroatoms. The Labute approximate surface area is 348 Å². The van der Waals surface area contributed by atoms with Gasteiger partial charge in [0, 0.05) is 6.54 Å². The molecule has 1 aliphatic heterocycles. The monoisotopic (exact) mass is 855 g/mol. The fourth-order valence-corrected chi connectivity index (χ4v) is 10.7. The molecule has 60 heavy (non-hydrogen) atoms. The van der Waals surface area contributed by atoms with Gasteiger partial charge in [-0.25, -0.2) is 27.0 Å². The highest BCUT2D eigenvalue weighted by Gasteiger charge is 2.67. The number of carbonyl (C=O) groups excluding carboxylic acids is 4. The maximum Gasteiger partial charge on any atom is 0.408 e. The SMILES string of the molecule is C[C@@H]1CCN(C(=O)C(NC(=O)OC2C[C@@H]3C[C@@H]3[C@H]2CCCCCc2nc3ccc(C#N)cc3[nH]c2=O)C(C)(C)C)[C@@H]1C(=O)NC1(C(=O)NS(=O)(=O)C2(C)CC2)C[C@H]1C(F)F. The van der Waals surface area contributed by atoms with Crippen molar-refractivity contribution in [3.8, 4) is 6.07 Å². The fraction of sp³-hybridized carbons (Fsp3) is 0.690. The van der Waals surface area contributed by atoms with E-state index in [1.165, 1.54) is 11.8 Å². The number of amides is 4. The number of sulfonamides is 1. The fourth-order valence-electron chi connectivity index (χ4n) is 9.39. The Morgan fingerprint density at radius 1 is 1.13 bits per heavy atom. The van der Waals surface area contributed by atoms with E-state index in [-0.39, 0.29) is 24.1 Å². The zero-order valence-electron chi connectivity index (χ0n) is 34.7. The van der Waals surface area contributed by atoms with Gasteiger partial charge in [0.2, 0.25) is 28.3 Å². The number of H-pyrrole nitrogens is 1. The number of unbranched alkanes of at least 4 members (excludes halogenated alkanes) is 2. The number of halogens is 2. The lowest BCUT2D eigenvalue weighted by Crippen LogP contribution is -2.61. The lowest BCUT2D eigenvalue weighted by Gasteiger charge is -2.36. The molecule has 1 aromatic carbocycles. The maximum atomic E-state index is 14.3. The summed E-state index contributed by atoms with van der Waals surface area (Å²) in [5, 5.41) is 14.4. The number of likely N-dealkylation sites (tertiary alicyclic amines) is 1. The number of rotatable bonds is 15. The van der Waals surface area contributed by atoms with Gasteiger partial charge in [-0.05, 0) is 112 Å². The Balaban J connectivity index is 0.946. The molecule has 15 nitrogen and oxygen atoms in total. The second kappa shape index (κ2) is 16.0. The Kier molecular flexibility index (Phi) is 11.6. The summed E-state index contributed by atoms with van der Waals surface area (Å²) >= 11 is 0. The first kappa shape index (κ1) is 43.4. The topological polar surface area (TPSA) is 221 Å². The number of hydrogen-bond acceptors (Lipinski definition) is 10. The lowest BCUT2D eigenvalue weighted by atomic mass is 9.85. The van der Waals surface area contributed by atoms with Gasteiger partial charge in [0.15, 0.2) is 0 Å². The zero-order chi connectivity index (χ0) is 43.5. The van der Waals surface area contributed by atoms with Gasteiger partial charge in [-0.3, -0.25) is 23.9 Å². The number of alkyl carbamates (subject to hydrolysis) is 1. The summed E-state index contributed by atoms with van der Waals surface area (Å²) in [4.78, 5) is 76.4. The van der Waals surface area contributed by atoms with Crippen LogP contribution < -0.4 is 20.9 Å². The molecule has 0 radical (unpaired) electrons. The average Bonchev–Trinajstić information content (AvgIpc) is 4.13. The van der Waals surface area contributed by atoms with E-state index in [0.717, 1.165) is 38.5 Å². The van der Waals surface area contributed by atoms with Crippen LogP contribution in [0.25, 0.3) is 11.0 Å². The molecule has 5 fully saturated rings. The summed E-state index contributed by atoms with van der Waals surface area (Å²) in [7, 11) is -4.18. The quantitative estimate of drug-likeness (QED) is 0.185. The molecule has 2 heterocycles. The number of nitrogens with one attached hydrogen (secondary N) is 4. The molecule has 0 bridgehead atoms. The Morgan fingerprint density at radius 3 is 2.52 bits per heavy atom. The first-order valence-corrected chi connectivity index (χ1v) is 22.5. The van der Waals surface area contributed by atoms with Crippen LogP contribution in [0.2, 0.25) is 0 Å². The van der Waals surface area contributed by atoms with Crippen molar-refractivity contribution < 1.29 is 41.1 Å². The largest absolute Gasteiger partial charge is 0.446 e. The number of benzene rings is 1. The molecule has 9 atom stereocenters. The summed E-state index contributed by atoms with van der Waals surface area (Å²) in [5.74, 6) is -3.59. The Bertz CT molecular complexity index is 2270. The molecule has 3 unspecified atom stereocenters. The Hall–Kier alpha value is -4.66. The maximum absolute atomic E-state index is 14.3. The van der Waals surface area contributed by atoms with Crippen LogP contribution in [0.5, 0.6) is 0 Å². The van der Waals surface area contributed by atoms with E-state index in [0.29, 0.717) is 59.8 Å². The molecule has 7 rings (SSSR count). The molecule has 4 N–H and O–H groups in total. The normalized spacial score (nSPS) is 29.3. The van der Waals surface area contributed by atoms with Gasteiger partial charge in [-0.15, -0.1) is 0 Å². The van der Waals surface area contributed by atoms with Crippen molar-refractivity contribution >= 4 is 44.9 Å². The van der Waals surface area contributed by atoms with Crippen LogP contribution in [0.15, 0.2) is 23.0 Å². The van der Waals surface area contributed by atoms with Crippen LogP contribution in [0.4, 0.5) is 13.6 Å². The minimum absolute atomic E-state index is 0.133. The highest BCUT2D eigenvalue weighted by atomic mass is 32.2. The van der Waals surface area contributed by atoms with Crippen molar-refractivity contribution in [2.75, 3.05) is 6.54 Å². The van der Waals surface area contributed by atoms with Crippen molar-refractivity contribution in [3.63, 3.8) is 0 Å². The summed E-state index contributed by atoms with van der Waals surface area (Å²) in [5.41, 5.74) is -1.24. The van der Waals surface area contributed by atoms with Gasteiger partial charge in [-0.2, -0.15) is 5.26 Å². The van der Waals surface area contributed by atoms with Crippen LogP contribution in [0.1, 0.15) is 110 Å². The first-order chi connectivity index (χ1) is 28.2. The molecule has 4 saturated carbocycles. The average molecular weight is 856 g/mol. The molecule has 1 aromatic heterocycles. The third-order valence-electron chi connectivity index (χ3n) is 13.7. The number of aryl methyl sites for hydroxylation is 1. The number of aromatic amines is 1. The molecule has 5 aliphatic rings. The second-order valence-corrected chi connectivity index (χ2v) is 21.3. The van der Waals surface area contributed by atoms with E-state index in [1.54, 1.807) is 45.9 Å². The number of carbonyl (C=O) groups is 4. The number of aromatic nitrogens is 2. The number of ether oxygens (including phenoxy) is 1. The number of alkyl halides is 2. The molecular formula is C42H55F2N7O8S. The summed E-state index contributed by atoms with van der Waals surface area (Å²) in [6.07, 6.45) is 2.05. The summed E-state index contributed by atoms with van der Waals surface area (Å²) in [6.45, 7) is 8.61. The van der Waals surface area contributed by atoms with Crippen molar-refractivity contribution in [2.24, 2.45) is 35.0 Å². The van der Waals surface area contributed by atoms with E-state index in [4.69, 9.17) is 10.00 Å². The lowest BCUT2D eigenvalue weighted by molar-refractivity contribution is -0.143. The second-order valence-electron chi connectivity index (χ2n) is 19.1. The van der Waals surface area contributed by atoms with Crippen LogP contribution in [0, 0.1) is 46.3 Å². The molecule has 326 valence electrons. The predicted octanol–water partition coefficient (Wildman–Crippen LogP) is 4.44. The predicted molar refractivity (Wildman–Crippen MR) is 215 cm³/mol. The highest BCUT2D eigenvalue weighted by Crippen LogP contribution is 2.58. The van der Waals surface area contributed by atoms with Crippen molar-refractivity contribution in [1.82, 2.24) is 30.2 Å².